The number of hydrogen-bond acceptors (Lipinski definition) is 3. The van der Waals surface area contributed by atoms with Crippen molar-refractivity contribution in [3.63, 3.8) is 0 Å². The zero-order valence-electron chi connectivity index (χ0n) is 8.74. The first-order valence-corrected chi connectivity index (χ1v) is 8.55. The van der Waals surface area contributed by atoms with Gasteiger partial charge in [-0.25, -0.2) is 8.42 Å². The van der Waals surface area contributed by atoms with E-state index in [4.69, 9.17) is 4.74 Å². The fourth-order valence-corrected chi connectivity index (χ4v) is 2.33. The Hall–Kier alpha value is -0.0700. The van der Waals surface area contributed by atoms with Crippen LogP contribution in [-0.2, 0) is 15.2 Å². The SMILES string of the molecule is CS(=O)(=O)CCOc1ccc(Br)cc1CBr. The molecule has 1 rings (SSSR count). The van der Waals surface area contributed by atoms with Crippen LogP contribution in [0.3, 0.4) is 0 Å². The Balaban J connectivity index is 2.67. The topological polar surface area (TPSA) is 43.4 Å². The average molecular weight is 372 g/mol. The molecule has 0 aliphatic heterocycles. The van der Waals surface area contributed by atoms with E-state index in [1.807, 2.05) is 18.2 Å². The van der Waals surface area contributed by atoms with E-state index in [1.54, 1.807) is 0 Å². The van der Waals surface area contributed by atoms with Crippen LogP contribution in [0.25, 0.3) is 0 Å². The molecule has 90 valence electrons. The largest absolute Gasteiger partial charge is 0.492 e. The van der Waals surface area contributed by atoms with Crippen molar-refractivity contribution in [2.24, 2.45) is 0 Å². The third-order valence-corrected chi connectivity index (χ3v) is 3.88. The molecule has 6 heteroatoms. The van der Waals surface area contributed by atoms with Crippen LogP contribution in [0.15, 0.2) is 22.7 Å². The summed E-state index contributed by atoms with van der Waals surface area (Å²) in [5.74, 6) is 0.744. The summed E-state index contributed by atoms with van der Waals surface area (Å²) in [6, 6.07) is 5.62. The molecule has 1 aromatic rings. The highest BCUT2D eigenvalue weighted by Crippen LogP contribution is 2.25. The predicted octanol–water partition coefficient (Wildman–Crippen LogP) is 2.77. The molecule has 0 radical (unpaired) electrons. The van der Waals surface area contributed by atoms with Crippen LogP contribution in [0.4, 0.5) is 0 Å². The minimum atomic E-state index is -2.97. The van der Waals surface area contributed by atoms with Crippen LogP contribution in [0.5, 0.6) is 5.75 Å². The number of ether oxygens (including phenoxy) is 1. The molecule has 0 fully saturated rings. The zero-order valence-corrected chi connectivity index (χ0v) is 12.7. The summed E-state index contributed by atoms with van der Waals surface area (Å²) < 4.78 is 28.3. The van der Waals surface area contributed by atoms with Gasteiger partial charge in [0.05, 0.1) is 5.75 Å². The maximum absolute atomic E-state index is 10.9. The number of rotatable bonds is 5. The van der Waals surface area contributed by atoms with Crippen LogP contribution >= 0.6 is 31.9 Å². The van der Waals surface area contributed by atoms with Gasteiger partial charge in [0.15, 0.2) is 9.84 Å². The Morgan fingerprint density at radius 2 is 2.06 bits per heavy atom. The van der Waals surface area contributed by atoms with E-state index in [2.05, 4.69) is 31.9 Å². The van der Waals surface area contributed by atoms with Crippen LogP contribution in [0, 0.1) is 0 Å². The van der Waals surface area contributed by atoms with Crippen molar-refractivity contribution in [3.05, 3.63) is 28.2 Å². The first kappa shape index (κ1) is 14.0. The van der Waals surface area contributed by atoms with Gasteiger partial charge >= 0.3 is 0 Å². The monoisotopic (exact) mass is 370 g/mol. The summed E-state index contributed by atoms with van der Waals surface area (Å²) in [7, 11) is -2.97. The fraction of sp³-hybridized carbons (Fsp3) is 0.400. The Labute approximate surface area is 112 Å². The lowest BCUT2D eigenvalue weighted by Gasteiger charge is -2.09. The molecule has 0 amide bonds. The molecule has 0 aliphatic carbocycles. The van der Waals surface area contributed by atoms with Gasteiger partial charge in [-0.15, -0.1) is 0 Å². The molecular weight excluding hydrogens is 360 g/mol. The fourth-order valence-electron chi connectivity index (χ4n) is 1.10. The third kappa shape index (κ3) is 4.84. The highest BCUT2D eigenvalue weighted by Gasteiger charge is 2.06. The molecule has 0 aliphatic rings. The predicted molar refractivity (Wildman–Crippen MR) is 72.0 cm³/mol. The summed E-state index contributed by atoms with van der Waals surface area (Å²) in [5, 5.41) is 0.667. The van der Waals surface area contributed by atoms with E-state index in [1.165, 1.54) is 6.26 Å². The number of halogens is 2. The molecule has 0 spiro atoms. The Bertz CT molecular complexity index is 457. The lowest BCUT2D eigenvalue weighted by Crippen LogP contribution is -2.12. The first-order chi connectivity index (χ1) is 7.42. The van der Waals surface area contributed by atoms with Crippen molar-refractivity contribution in [1.82, 2.24) is 0 Å². The molecule has 0 N–H and O–H groups in total. The molecule has 0 saturated heterocycles. The van der Waals surface area contributed by atoms with Gasteiger partial charge in [-0.3, -0.25) is 0 Å². The van der Waals surface area contributed by atoms with Gasteiger partial charge in [0.25, 0.3) is 0 Å². The second-order valence-corrected chi connectivity index (χ2v) is 7.10. The Kier molecular flexibility index (Phi) is 5.27. The number of benzene rings is 1. The van der Waals surface area contributed by atoms with Crippen molar-refractivity contribution in [3.8, 4) is 5.75 Å². The van der Waals surface area contributed by atoms with Crippen molar-refractivity contribution in [1.29, 1.82) is 0 Å². The Morgan fingerprint density at radius 1 is 1.38 bits per heavy atom. The second-order valence-electron chi connectivity index (χ2n) is 3.36. The first-order valence-electron chi connectivity index (χ1n) is 4.57. The minimum Gasteiger partial charge on any atom is -0.492 e. The van der Waals surface area contributed by atoms with E-state index in [9.17, 15) is 8.42 Å². The molecule has 0 heterocycles. The number of sulfone groups is 1. The average Bonchev–Trinajstić information content (AvgIpc) is 2.18. The van der Waals surface area contributed by atoms with E-state index >= 15 is 0 Å². The van der Waals surface area contributed by atoms with Crippen LogP contribution in [0.2, 0.25) is 0 Å². The van der Waals surface area contributed by atoms with E-state index in [0.717, 1.165) is 10.0 Å². The van der Waals surface area contributed by atoms with Gasteiger partial charge in [-0.2, -0.15) is 0 Å². The van der Waals surface area contributed by atoms with E-state index < -0.39 is 9.84 Å². The minimum absolute atomic E-state index is 0.0325. The lowest BCUT2D eigenvalue weighted by molar-refractivity contribution is 0.338. The molecule has 0 unspecified atom stereocenters. The molecule has 0 bridgehead atoms. The van der Waals surface area contributed by atoms with Crippen molar-refractivity contribution in [2.45, 2.75) is 5.33 Å². The van der Waals surface area contributed by atoms with Gasteiger partial charge in [0, 0.05) is 21.6 Å². The van der Waals surface area contributed by atoms with Gasteiger partial charge in [0.2, 0.25) is 0 Å². The zero-order chi connectivity index (χ0) is 12.2. The summed E-state index contributed by atoms with van der Waals surface area (Å²) in [6.45, 7) is 0.181. The molecule has 0 atom stereocenters. The maximum Gasteiger partial charge on any atom is 0.150 e. The van der Waals surface area contributed by atoms with Crippen LogP contribution in [-0.4, -0.2) is 27.0 Å². The standard InChI is InChI=1S/C10H12Br2O3S/c1-16(13,14)5-4-15-10-3-2-9(12)6-8(10)7-11/h2-3,6H,4-5,7H2,1H3. The maximum atomic E-state index is 10.9. The quantitative estimate of drug-likeness (QED) is 0.747. The summed E-state index contributed by atoms with van der Waals surface area (Å²) in [6.07, 6.45) is 1.20. The Morgan fingerprint density at radius 3 is 2.62 bits per heavy atom. The lowest BCUT2D eigenvalue weighted by atomic mass is 10.2. The van der Waals surface area contributed by atoms with Crippen molar-refractivity contribution < 1.29 is 13.2 Å². The second kappa shape index (κ2) is 6.02. The van der Waals surface area contributed by atoms with E-state index in [-0.39, 0.29) is 12.4 Å². The molecule has 0 saturated carbocycles. The van der Waals surface area contributed by atoms with Crippen LogP contribution in [0.1, 0.15) is 5.56 Å². The van der Waals surface area contributed by atoms with E-state index in [0.29, 0.717) is 11.1 Å². The molecule has 1 aromatic carbocycles. The smallest absolute Gasteiger partial charge is 0.150 e. The van der Waals surface area contributed by atoms with Crippen LogP contribution < -0.4 is 4.74 Å². The molecular formula is C10H12Br2O3S. The van der Waals surface area contributed by atoms with Gasteiger partial charge in [-0.05, 0) is 18.2 Å². The van der Waals surface area contributed by atoms with Crippen molar-refractivity contribution >= 4 is 41.7 Å². The molecule has 3 nitrogen and oxygen atoms in total. The highest BCUT2D eigenvalue weighted by atomic mass is 79.9. The normalized spacial score (nSPS) is 11.4. The van der Waals surface area contributed by atoms with Crippen molar-refractivity contribution in [2.75, 3.05) is 18.6 Å². The summed E-state index contributed by atoms with van der Waals surface area (Å²) in [5.41, 5.74) is 0.989. The summed E-state index contributed by atoms with van der Waals surface area (Å²) >= 11 is 6.72. The van der Waals surface area contributed by atoms with Gasteiger partial charge < -0.3 is 4.74 Å². The van der Waals surface area contributed by atoms with Gasteiger partial charge in [-0.1, -0.05) is 31.9 Å². The third-order valence-electron chi connectivity index (χ3n) is 1.88. The number of hydrogen-bond donors (Lipinski definition) is 0. The molecule has 16 heavy (non-hydrogen) atoms. The highest BCUT2D eigenvalue weighted by molar-refractivity contribution is 9.10. The number of alkyl halides is 1. The molecule has 0 aromatic heterocycles. The van der Waals surface area contributed by atoms with Gasteiger partial charge in [0.1, 0.15) is 12.4 Å². The summed E-state index contributed by atoms with van der Waals surface area (Å²) in [4.78, 5) is 0.